The van der Waals surface area contributed by atoms with E-state index in [4.69, 9.17) is 5.26 Å². The molecule has 0 aliphatic rings. The molecule has 0 bridgehead atoms. The molecule has 25 heavy (non-hydrogen) atoms. The van der Waals surface area contributed by atoms with Gasteiger partial charge in [0, 0.05) is 25.4 Å². The molecule has 0 spiro atoms. The number of nitriles is 1. The summed E-state index contributed by atoms with van der Waals surface area (Å²) in [5, 5.41) is 8.97. The average Bonchev–Trinajstić information content (AvgIpc) is 3.01. The van der Waals surface area contributed by atoms with Gasteiger partial charge in [-0.25, -0.2) is 4.98 Å². The van der Waals surface area contributed by atoms with Gasteiger partial charge in [-0.05, 0) is 29.3 Å². The monoisotopic (exact) mass is 341 g/mol. The zero-order chi connectivity index (χ0) is 17.9. The number of hydrogen-bond donors (Lipinski definition) is 0. The van der Waals surface area contributed by atoms with E-state index in [1.807, 2.05) is 6.07 Å². The van der Waals surface area contributed by atoms with Gasteiger partial charge in [-0.15, -0.1) is 0 Å². The number of alkyl halides is 3. The van der Waals surface area contributed by atoms with Crippen LogP contribution >= 0.6 is 0 Å². The van der Waals surface area contributed by atoms with Crippen molar-refractivity contribution in [2.24, 2.45) is 0 Å². The van der Waals surface area contributed by atoms with Crippen molar-refractivity contribution in [3.05, 3.63) is 89.0 Å². The summed E-state index contributed by atoms with van der Waals surface area (Å²) in [6, 6.07) is 14.7. The lowest BCUT2D eigenvalue weighted by Crippen LogP contribution is -2.11. The van der Waals surface area contributed by atoms with Gasteiger partial charge in [-0.3, -0.25) is 0 Å². The van der Waals surface area contributed by atoms with Crippen LogP contribution < -0.4 is 0 Å². The smallest absolute Gasteiger partial charge is 0.330 e. The van der Waals surface area contributed by atoms with Gasteiger partial charge in [0.05, 0.1) is 17.2 Å². The molecule has 0 atom stereocenters. The third-order valence-corrected chi connectivity index (χ3v) is 3.88. The highest BCUT2D eigenvalue weighted by atomic mass is 19.4. The Morgan fingerprint density at radius 1 is 1.08 bits per heavy atom. The Kier molecular flexibility index (Phi) is 4.57. The van der Waals surface area contributed by atoms with Gasteiger partial charge in [0.1, 0.15) is 5.82 Å². The van der Waals surface area contributed by atoms with E-state index in [9.17, 15) is 13.2 Å². The number of benzene rings is 2. The second-order valence-corrected chi connectivity index (χ2v) is 5.62. The molecule has 1 aromatic heterocycles. The summed E-state index contributed by atoms with van der Waals surface area (Å²) in [5.41, 5.74) is 0.980. The molecule has 0 unspecified atom stereocenters. The fourth-order valence-electron chi connectivity index (χ4n) is 2.71. The van der Waals surface area contributed by atoms with Crippen molar-refractivity contribution >= 4 is 0 Å². The molecule has 126 valence electrons. The Labute approximate surface area is 143 Å². The summed E-state index contributed by atoms with van der Waals surface area (Å²) in [4.78, 5) is 4.20. The van der Waals surface area contributed by atoms with Crippen molar-refractivity contribution in [3.8, 4) is 6.07 Å². The predicted octanol–water partition coefficient (Wildman–Crippen LogP) is 4.41. The molecular formula is C19H14F3N3. The number of aromatic nitrogens is 2. The number of hydrogen-bond acceptors (Lipinski definition) is 2. The van der Waals surface area contributed by atoms with Crippen LogP contribution in [0.2, 0.25) is 0 Å². The van der Waals surface area contributed by atoms with Crippen molar-refractivity contribution in [1.82, 2.24) is 9.55 Å². The van der Waals surface area contributed by atoms with Crippen molar-refractivity contribution in [3.63, 3.8) is 0 Å². The Morgan fingerprint density at radius 3 is 2.64 bits per heavy atom. The molecular weight excluding hydrogens is 327 g/mol. The molecule has 0 fully saturated rings. The lowest BCUT2D eigenvalue weighted by atomic mass is 10.0. The molecule has 0 aliphatic carbocycles. The zero-order valence-electron chi connectivity index (χ0n) is 13.2. The lowest BCUT2D eigenvalue weighted by Gasteiger charge is -2.13. The summed E-state index contributed by atoms with van der Waals surface area (Å²) in [6.45, 7) is 0.443. The Bertz CT molecular complexity index is 920. The van der Waals surface area contributed by atoms with Crippen LogP contribution in [-0.4, -0.2) is 9.55 Å². The minimum atomic E-state index is -4.39. The van der Waals surface area contributed by atoms with Crippen LogP contribution in [0.1, 0.15) is 28.1 Å². The molecule has 0 saturated heterocycles. The van der Waals surface area contributed by atoms with Crippen molar-refractivity contribution < 1.29 is 13.2 Å². The van der Waals surface area contributed by atoms with Crippen LogP contribution in [0, 0.1) is 11.3 Å². The van der Waals surface area contributed by atoms with Crippen LogP contribution in [0.5, 0.6) is 0 Å². The predicted molar refractivity (Wildman–Crippen MR) is 86.7 cm³/mol. The van der Waals surface area contributed by atoms with E-state index in [0.717, 1.165) is 11.6 Å². The van der Waals surface area contributed by atoms with Gasteiger partial charge in [-0.1, -0.05) is 30.3 Å². The summed E-state index contributed by atoms with van der Waals surface area (Å²) in [7, 11) is 0. The summed E-state index contributed by atoms with van der Waals surface area (Å²) >= 11 is 0. The van der Waals surface area contributed by atoms with Crippen LogP contribution in [0.25, 0.3) is 0 Å². The highest BCUT2D eigenvalue weighted by Gasteiger charge is 2.33. The van der Waals surface area contributed by atoms with Gasteiger partial charge < -0.3 is 4.57 Å². The Morgan fingerprint density at radius 2 is 1.88 bits per heavy atom. The quantitative estimate of drug-likeness (QED) is 0.705. The largest absolute Gasteiger partial charge is 0.416 e. The van der Waals surface area contributed by atoms with E-state index in [2.05, 4.69) is 11.1 Å². The molecule has 0 amide bonds. The molecule has 3 rings (SSSR count). The van der Waals surface area contributed by atoms with Gasteiger partial charge in [0.15, 0.2) is 0 Å². The molecule has 0 radical (unpaired) electrons. The molecule has 6 heteroatoms. The van der Waals surface area contributed by atoms with Gasteiger partial charge >= 0.3 is 6.18 Å². The zero-order valence-corrected chi connectivity index (χ0v) is 13.2. The van der Waals surface area contributed by atoms with Crippen molar-refractivity contribution in [1.29, 1.82) is 5.26 Å². The summed E-state index contributed by atoms with van der Waals surface area (Å²) in [6.07, 6.45) is -1.01. The molecule has 2 aromatic carbocycles. The second kappa shape index (κ2) is 6.81. The first-order valence-corrected chi connectivity index (χ1v) is 7.61. The van der Waals surface area contributed by atoms with E-state index >= 15 is 0 Å². The molecule has 0 aliphatic heterocycles. The Hall–Kier alpha value is -3.07. The normalized spacial score (nSPS) is 11.3. The van der Waals surface area contributed by atoms with Crippen molar-refractivity contribution in [2.45, 2.75) is 19.1 Å². The van der Waals surface area contributed by atoms with Crippen LogP contribution in [0.3, 0.4) is 0 Å². The second-order valence-electron chi connectivity index (χ2n) is 5.62. The molecule has 3 nitrogen and oxygen atoms in total. The fourth-order valence-corrected chi connectivity index (χ4v) is 2.71. The molecule has 1 heterocycles. The topological polar surface area (TPSA) is 41.6 Å². The first kappa shape index (κ1) is 16.8. The van der Waals surface area contributed by atoms with Crippen LogP contribution in [0.15, 0.2) is 60.9 Å². The summed E-state index contributed by atoms with van der Waals surface area (Å²) < 4.78 is 41.2. The fraction of sp³-hybridized carbons (Fsp3) is 0.158. The standard InChI is InChI=1S/C19H14F3N3/c20-19(21,22)17-7-2-1-6-16(17)11-18-24-8-9-25(18)13-15-5-3-4-14(10-15)12-23/h1-10H,11,13H2. The number of halogens is 3. The maximum absolute atomic E-state index is 13.1. The van der Waals surface area contributed by atoms with Gasteiger partial charge in [-0.2, -0.15) is 18.4 Å². The van der Waals surface area contributed by atoms with E-state index in [1.165, 1.54) is 12.1 Å². The third kappa shape index (κ3) is 3.89. The van der Waals surface area contributed by atoms with E-state index < -0.39 is 11.7 Å². The highest BCUT2D eigenvalue weighted by molar-refractivity contribution is 5.34. The van der Waals surface area contributed by atoms with Gasteiger partial charge in [0.2, 0.25) is 0 Å². The highest BCUT2D eigenvalue weighted by Crippen LogP contribution is 2.32. The molecule has 3 aromatic rings. The van der Waals surface area contributed by atoms with Crippen molar-refractivity contribution in [2.75, 3.05) is 0 Å². The minimum Gasteiger partial charge on any atom is -0.330 e. The first-order valence-electron chi connectivity index (χ1n) is 7.61. The summed E-state index contributed by atoms with van der Waals surface area (Å²) in [5.74, 6) is 0.541. The minimum absolute atomic E-state index is 0.0840. The molecule has 0 saturated carbocycles. The maximum atomic E-state index is 13.1. The lowest BCUT2D eigenvalue weighted by molar-refractivity contribution is -0.138. The first-order chi connectivity index (χ1) is 12.0. The maximum Gasteiger partial charge on any atom is 0.416 e. The average molecular weight is 341 g/mol. The van der Waals surface area contributed by atoms with Crippen LogP contribution in [0.4, 0.5) is 13.2 Å². The SMILES string of the molecule is N#Cc1cccc(Cn2ccnc2Cc2ccccc2C(F)(F)F)c1. The van der Waals surface area contributed by atoms with Crippen LogP contribution in [-0.2, 0) is 19.1 Å². The number of nitrogens with zero attached hydrogens (tertiary/aromatic N) is 3. The van der Waals surface area contributed by atoms with Gasteiger partial charge in [0.25, 0.3) is 0 Å². The number of rotatable bonds is 4. The Balaban J connectivity index is 1.87. The van der Waals surface area contributed by atoms with E-state index in [0.29, 0.717) is 17.9 Å². The van der Waals surface area contributed by atoms with E-state index in [-0.39, 0.29) is 12.0 Å². The third-order valence-electron chi connectivity index (χ3n) is 3.88. The molecule has 0 N–H and O–H groups in total. The van der Waals surface area contributed by atoms with E-state index in [1.54, 1.807) is 41.2 Å². The number of imidazole rings is 1.